The zero-order valence-corrected chi connectivity index (χ0v) is 12.2. The lowest BCUT2D eigenvalue weighted by molar-refractivity contribution is -0.220. The molecule has 23 heavy (non-hydrogen) atoms. The van der Waals surface area contributed by atoms with Crippen LogP contribution in [0.5, 0.6) is 0 Å². The van der Waals surface area contributed by atoms with Crippen LogP contribution in [0.3, 0.4) is 0 Å². The molecule has 2 saturated heterocycles. The van der Waals surface area contributed by atoms with Crippen molar-refractivity contribution in [2.75, 3.05) is 0 Å². The molecule has 2 fully saturated rings. The van der Waals surface area contributed by atoms with Crippen LogP contribution < -0.4 is 0 Å². The zero-order valence-electron chi connectivity index (χ0n) is 12.2. The van der Waals surface area contributed by atoms with E-state index in [9.17, 15) is 29.1 Å². The Hall–Kier alpha value is -2.49. The molecular weight excluding hydrogens is 312 g/mol. The van der Waals surface area contributed by atoms with E-state index in [0.29, 0.717) is 10.1 Å². The molecule has 10 nitrogen and oxygen atoms in total. The molecular formula is C13H16N2O8. The second kappa shape index (κ2) is 7.18. The van der Waals surface area contributed by atoms with Gasteiger partial charge in [-0.25, -0.2) is 9.59 Å². The van der Waals surface area contributed by atoms with Crippen molar-refractivity contribution < 1.29 is 38.8 Å². The van der Waals surface area contributed by atoms with E-state index in [0.717, 1.165) is 0 Å². The van der Waals surface area contributed by atoms with Gasteiger partial charge < -0.3 is 14.8 Å². The molecule has 0 aromatic rings. The molecule has 0 radical (unpaired) electrons. The van der Waals surface area contributed by atoms with Gasteiger partial charge in [0.25, 0.3) is 17.7 Å². The third kappa shape index (κ3) is 4.25. The van der Waals surface area contributed by atoms with Gasteiger partial charge in [0.05, 0.1) is 0 Å². The van der Waals surface area contributed by atoms with Gasteiger partial charge in [0.15, 0.2) is 6.23 Å². The number of hydrogen-bond donors (Lipinski definition) is 1. The van der Waals surface area contributed by atoms with Gasteiger partial charge >= 0.3 is 11.9 Å². The van der Waals surface area contributed by atoms with E-state index in [1.807, 2.05) is 0 Å². The molecule has 2 aliphatic heterocycles. The van der Waals surface area contributed by atoms with E-state index in [1.54, 1.807) is 0 Å². The minimum Gasteiger partial charge on any atom is -0.370 e. The number of carbonyl (C=O) groups excluding carboxylic acids is 5. The summed E-state index contributed by atoms with van der Waals surface area (Å²) in [6.45, 7) is 0. The van der Waals surface area contributed by atoms with Crippen molar-refractivity contribution in [2.45, 2.75) is 51.2 Å². The number of hydroxylamine groups is 4. The van der Waals surface area contributed by atoms with Crippen LogP contribution in [-0.2, 0) is 33.6 Å². The number of carbonyl (C=O) groups is 5. The van der Waals surface area contributed by atoms with E-state index in [2.05, 4.69) is 4.84 Å². The van der Waals surface area contributed by atoms with E-state index >= 15 is 0 Å². The maximum atomic E-state index is 11.5. The lowest BCUT2D eigenvalue weighted by Gasteiger charge is -2.18. The third-order valence-electron chi connectivity index (χ3n) is 3.29. The second-order valence-electron chi connectivity index (χ2n) is 5.10. The topological polar surface area (TPSA) is 131 Å². The normalized spacial score (nSPS) is 21.1. The average Bonchev–Trinajstić information content (AvgIpc) is 2.97. The van der Waals surface area contributed by atoms with Crippen LogP contribution in [0.25, 0.3) is 0 Å². The molecule has 3 amide bonds. The van der Waals surface area contributed by atoms with Gasteiger partial charge in [-0.1, -0.05) is 0 Å². The standard InChI is InChI=1S/C13H16N2O8/c16-8-4-5-9(17)14(8)22-12(20)2-1-3-13(21)23-15-10(18)6-7-11(15)19/h8,16H,1-7H2. The van der Waals surface area contributed by atoms with E-state index in [1.165, 1.54) is 0 Å². The quantitative estimate of drug-likeness (QED) is 0.625. The molecule has 0 spiro atoms. The molecule has 0 aromatic heterocycles. The summed E-state index contributed by atoms with van der Waals surface area (Å²) in [7, 11) is 0. The average molecular weight is 328 g/mol. The number of aliphatic hydroxyl groups is 1. The van der Waals surface area contributed by atoms with Crippen molar-refractivity contribution in [1.29, 1.82) is 0 Å². The Morgan fingerprint density at radius 1 is 0.957 bits per heavy atom. The first-order valence-corrected chi connectivity index (χ1v) is 7.16. The fourth-order valence-corrected chi connectivity index (χ4v) is 2.10. The summed E-state index contributed by atoms with van der Waals surface area (Å²) in [4.78, 5) is 66.2. The molecule has 0 bridgehead atoms. The highest BCUT2D eigenvalue weighted by atomic mass is 16.7. The molecule has 2 heterocycles. The summed E-state index contributed by atoms with van der Waals surface area (Å²) in [5.74, 6) is -3.25. The third-order valence-corrected chi connectivity index (χ3v) is 3.29. The first kappa shape index (κ1) is 16.9. The predicted molar refractivity (Wildman–Crippen MR) is 69.2 cm³/mol. The van der Waals surface area contributed by atoms with Crippen molar-refractivity contribution in [3.63, 3.8) is 0 Å². The zero-order chi connectivity index (χ0) is 17.0. The summed E-state index contributed by atoms with van der Waals surface area (Å²) in [6.07, 6.45) is -1.20. The Balaban J connectivity index is 1.67. The summed E-state index contributed by atoms with van der Waals surface area (Å²) >= 11 is 0. The van der Waals surface area contributed by atoms with Crippen LogP contribution in [0.2, 0.25) is 0 Å². The predicted octanol–water partition coefficient (Wildman–Crippen LogP) is -0.837. The fraction of sp³-hybridized carbons (Fsp3) is 0.615. The van der Waals surface area contributed by atoms with Gasteiger partial charge in [0, 0.05) is 38.5 Å². The van der Waals surface area contributed by atoms with Crippen LogP contribution in [0.15, 0.2) is 0 Å². The molecule has 0 saturated carbocycles. The van der Waals surface area contributed by atoms with Gasteiger partial charge in [0.1, 0.15) is 0 Å². The van der Waals surface area contributed by atoms with Gasteiger partial charge in [-0.15, -0.1) is 10.1 Å². The number of hydrogen-bond acceptors (Lipinski definition) is 8. The van der Waals surface area contributed by atoms with E-state index < -0.39 is 35.9 Å². The van der Waals surface area contributed by atoms with Gasteiger partial charge in [-0.2, -0.15) is 0 Å². The lowest BCUT2D eigenvalue weighted by Crippen LogP contribution is -2.35. The minimum atomic E-state index is -1.15. The fourth-order valence-electron chi connectivity index (χ4n) is 2.10. The summed E-state index contributed by atoms with van der Waals surface area (Å²) in [5, 5.41) is 10.5. The number of imide groups is 1. The number of aliphatic hydroxyl groups excluding tert-OH is 1. The molecule has 0 aromatic carbocycles. The SMILES string of the molecule is O=C(CCCC(=O)ON1C(=O)CCC1O)ON1C(=O)CCC1=O. The highest BCUT2D eigenvalue weighted by Crippen LogP contribution is 2.17. The monoisotopic (exact) mass is 328 g/mol. The Morgan fingerprint density at radius 3 is 2.04 bits per heavy atom. The Kier molecular flexibility index (Phi) is 5.27. The van der Waals surface area contributed by atoms with Crippen LogP contribution >= 0.6 is 0 Å². The van der Waals surface area contributed by atoms with Crippen molar-refractivity contribution in [3.05, 3.63) is 0 Å². The second-order valence-corrected chi connectivity index (χ2v) is 5.10. The molecule has 1 unspecified atom stereocenters. The van der Waals surface area contributed by atoms with Gasteiger partial charge in [0.2, 0.25) is 0 Å². The maximum Gasteiger partial charge on any atom is 0.333 e. The Bertz CT molecular complexity index is 530. The molecule has 10 heteroatoms. The van der Waals surface area contributed by atoms with E-state index in [-0.39, 0.29) is 44.9 Å². The summed E-state index contributed by atoms with van der Waals surface area (Å²) in [5.41, 5.74) is 0. The lowest BCUT2D eigenvalue weighted by atomic mass is 10.2. The number of nitrogens with zero attached hydrogens (tertiary/aromatic N) is 2. The first-order chi connectivity index (χ1) is 10.9. The number of rotatable bonds is 6. The molecule has 126 valence electrons. The summed E-state index contributed by atoms with van der Waals surface area (Å²) in [6, 6.07) is 0. The smallest absolute Gasteiger partial charge is 0.333 e. The largest absolute Gasteiger partial charge is 0.370 e. The molecule has 0 aliphatic carbocycles. The van der Waals surface area contributed by atoms with Crippen LogP contribution in [0, 0.1) is 0 Å². The number of amides is 3. The van der Waals surface area contributed by atoms with Crippen LogP contribution in [0.1, 0.15) is 44.9 Å². The van der Waals surface area contributed by atoms with Crippen molar-refractivity contribution >= 4 is 29.7 Å². The van der Waals surface area contributed by atoms with Crippen molar-refractivity contribution in [1.82, 2.24) is 10.1 Å². The molecule has 1 N–H and O–H groups in total. The maximum absolute atomic E-state index is 11.5. The Labute approximate surface area is 130 Å². The van der Waals surface area contributed by atoms with Crippen LogP contribution in [0.4, 0.5) is 0 Å². The molecule has 2 rings (SSSR count). The Morgan fingerprint density at radius 2 is 1.52 bits per heavy atom. The minimum absolute atomic E-state index is 0.00459. The van der Waals surface area contributed by atoms with Gasteiger partial charge in [-0.3, -0.25) is 14.4 Å². The van der Waals surface area contributed by atoms with E-state index in [4.69, 9.17) is 4.84 Å². The highest BCUT2D eigenvalue weighted by molar-refractivity contribution is 6.01. The molecule has 2 aliphatic rings. The van der Waals surface area contributed by atoms with Gasteiger partial charge in [-0.05, 0) is 6.42 Å². The molecule has 1 atom stereocenters. The highest BCUT2D eigenvalue weighted by Gasteiger charge is 2.34. The van der Waals surface area contributed by atoms with Crippen molar-refractivity contribution in [2.24, 2.45) is 0 Å². The summed E-state index contributed by atoms with van der Waals surface area (Å²) < 4.78 is 0. The van der Waals surface area contributed by atoms with Crippen LogP contribution in [-0.4, -0.2) is 51.1 Å². The first-order valence-electron chi connectivity index (χ1n) is 7.16. The van der Waals surface area contributed by atoms with Crippen molar-refractivity contribution in [3.8, 4) is 0 Å².